The van der Waals surface area contributed by atoms with Crippen LogP contribution in [0.15, 0.2) is 29.2 Å². The number of benzene rings is 1. The maximum absolute atomic E-state index is 12.5. The van der Waals surface area contributed by atoms with Crippen LogP contribution in [0, 0.1) is 11.3 Å². The van der Waals surface area contributed by atoms with Gasteiger partial charge in [0.25, 0.3) is 0 Å². The van der Waals surface area contributed by atoms with Crippen LogP contribution in [-0.2, 0) is 20.1 Å². The number of nitriles is 1. The molecular formula is C24H33N2O3S2+. The van der Waals surface area contributed by atoms with Gasteiger partial charge in [0.05, 0.1) is 11.6 Å². The second-order valence-corrected chi connectivity index (χ2v) is 13.9. The lowest BCUT2D eigenvalue weighted by Gasteiger charge is -2.41. The van der Waals surface area contributed by atoms with E-state index in [1.807, 2.05) is 50.7 Å². The van der Waals surface area contributed by atoms with Crippen LogP contribution < -0.4 is 0 Å². The number of ether oxygens (including phenoxy) is 1. The van der Waals surface area contributed by atoms with Gasteiger partial charge in [0.1, 0.15) is 11.9 Å². The van der Waals surface area contributed by atoms with Crippen LogP contribution in [0.4, 0.5) is 4.79 Å². The number of thioether (sulfide) groups is 1. The Labute approximate surface area is 193 Å². The normalized spacial score (nSPS) is 19.2. The van der Waals surface area contributed by atoms with E-state index < -0.39 is 5.60 Å². The first-order valence-electron chi connectivity index (χ1n) is 10.6. The molecule has 0 N–H and O–H groups in total. The zero-order chi connectivity index (χ0) is 23.0. The van der Waals surface area contributed by atoms with E-state index in [2.05, 4.69) is 39.2 Å². The smallest absolute Gasteiger partial charge is 0.410 e. The maximum Gasteiger partial charge on any atom is 0.410 e. The van der Waals surface area contributed by atoms with Crippen molar-refractivity contribution < 1.29 is 13.7 Å². The zero-order valence-corrected chi connectivity index (χ0v) is 21.2. The van der Waals surface area contributed by atoms with Gasteiger partial charge < -0.3 is 9.64 Å². The van der Waals surface area contributed by atoms with Crippen LogP contribution in [0.1, 0.15) is 65.5 Å². The molecule has 168 valence electrons. The van der Waals surface area contributed by atoms with Crippen LogP contribution in [0.3, 0.4) is 0 Å². The molecule has 2 aliphatic heterocycles. The number of carbonyl (C=O) groups excluding carboxylic acids is 1. The quantitative estimate of drug-likeness (QED) is 0.525. The van der Waals surface area contributed by atoms with Crippen molar-refractivity contribution in [3.05, 3.63) is 35.4 Å². The summed E-state index contributed by atoms with van der Waals surface area (Å²) in [6.45, 7) is 13.5. The van der Waals surface area contributed by atoms with Crippen molar-refractivity contribution in [3.8, 4) is 6.07 Å². The number of hydrogen-bond acceptors (Lipinski definition) is 5. The Balaban J connectivity index is 1.86. The fourth-order valence-corrected chi connectivity index (χ4v) is 5.47. The number of carbonyl (C=O) groups is 1. The highest BCUT2D eigenvalue weighted by atomic mass is 32.2. The summed E-state index contributed by atoms with van der Waals surface area (Å²) in [4.78, 5) is 15.4. The van der Waals surface area contributed by atoms with E-state index in [9.17, 15) is 10.1 Å². The van der Waals surface area contributed by atoms with Crippen LogP contribution in [-0.4, -0.2) is 45.4 Å². The first-order valence-corrected chi connectivity index (χ1v) is 13.0. The molecule has 2 aliphatic rings. The first-order chi connectivity index (χ1) is 14.3. The molecule has 1 saturated heterocycles. The monoisotopic (exact) mass is 461 g/mol. The number of amides is 1. The minimum absolute atomic E-state index is 0.0195. The number of likely N-dealkylation sites (tertiary alicyclic amines) is 1. The van der Waals surface area contributed by atoms with Crippen molar-refractivity contribution in [2.45, 2.75) is 74.4 Å². The van der Waals surface area contributed by atoms with E-state index in [0.29, 0.717) is 18.7 Å². The van der Waals surface area contributed by atoms with Crippen LogP contribution in [0.2, 0.25) is 0 Å². The summed E-state index contributed by atoms with van der Waals surface area (Å²) in [6, 6.07) is 8.07. The van der Waals surface area contributed by atoms with Crippen molar-refractivity contribution >= 4 is 34.8 Å². The lowest BCUT2D eigenvalue weighted by atomic mass is 9.93. The lowest BCUT2D eigenvalue weighted by Crippen LogP contribution is -2.46. The van der Waals surface area contributed by atoms with Gasteiger partial charge in [-0.05, 0) is 78.7 Å². The molecule has 2 heterocycles. The molecular weight excluding hydrogens is 428 g/mol. The summed E-state index contributed by atoms with van der Waals surface area (Å²) in [5, 5.41) is 9.38. The predicted octanol–water partition coefficient (Wildman–Crippen LogP) is 5.75. The fourth-order valence-electron chi connectivity index (χ4n) is 3.42. The minimum atomic E-state index is -0.492. The molecule has 1 spiro atoms. The fraction of sp³-hybridized carbons (Fsp3) is 0.583. The zero-order valence-electron chi connectivity index (χ0n) is 19.6. The molecule has 0 bridgehead atoms. The highest BCUT2D eigenvalue weighted by molar-refractivity contribution is 8.01. The second kappa shape index (κ2) is 8.63. The summed E-state index contributed by atoms with van der Waals surface area (Å²) in [5.41, 5.74) is 1.14. The highest BCUT2D eigenvalue weighted by Crippen LogP contribution is 2.50. The van der Waals surface area contributed by atoms with Crippen molar-refractivity contribution in [2.24, 2.45) is 0 Å². The van der Waals surface area contributed by atoms with Gasteiger partial charge in [-0.25, -0.2) is 4.79 Å². The summed E-state index contributed by atoms with van der Waals surface area (Å²) < 4.78 is 12.0. The average Bonchev–Trinajstić information content (AvgIpc) is 2.66. The van der Waals surface area contributed by atoms with Crippen molar-refractivity contribution in [1.29, 1.82) is 5.26 Å². The molecule has 1 aromatic carbocycles. The minimum Gasteiger partial charge on any atom is -0.444 e. The topological polar surface area (TPSA) is 62.6 Å². The van der Waals surface area contributed by atoms with E-state index >= 15 is 0 Å². The number of rotatable bonds is 2. The molecule has 1 unspecified atom stereocenters. The summed E-state index contributed by atoms with van der Waals surface area (Å²) in [7, 11) is 0. The Kier molecular flexibility index (Phi) is 6.65. The second-order valence-electron chi connectivity index (χ2n) is 10.1. The van der Waals surface area contributed by atoms with E-state index in [1.165, 1.54) is 0 Å². The Hall–Kier alpha value is -1.78. The molecule has 0 aliphatic carbocycles. The molecule has 1 fully saturated rings. The van der Waals surface area contributed by atoms with E-state index in [-0.39, 0.29) is 26.8 Å². The Morgan fingerprint density at radius 1 is 1.19 bits per heavy atom. The van der Waals surface area contributed by atoms with Crippen molar-refractivity contribution in [3.63, 3.8) is 0 Å². The number of hydrogen-bond donors (Lipinski definition) is 0. The van der Waals surface area contributed by atoms with Crippen LogP contribution in [0.25, 0.3) is 5.76 Å². The third-order valence-electron chi connectivity index (χ3n) is 5.42. The molecule has 5 nitrogen and oxygen atoms in total. The predicted molar refractivity (Wildman–Crippen MR) is 129 cm³/mol. The Morgan fingerprint density at radius 3 is 2.39 bits per heavy atom. The third-order valence-corrected chi connectivity index (χ3v) is 9.08. The SMILES string of the molecule is C[S+](OC1=CC2(CCN(C(=O)OC(C)(C)C)CC2)Sc2ccc(C#N)cc21)C(C)(C)C. The van der Waals surface area contributed by atoms with Gasteiger partial charge in [0, 0.05) is 28.3 Å². The molecule has 1 amide bonds. The van der Waals surface area contributed by atoms with Crippen molar-refractivity contribution in [2.75, 3.05) is 19.3 Å². The van der Waals surface area contributed by atoms with E-state index in [0.717, 1.165) is 29.1 Å². The van der Waals surface area contributed by atoms with Gasteiger partial charge >= 0.3 is 6.09 Å². The standard InChI is InChI=1S/C24H33N2O3S2/c1-22(2,3)28-21(27)26-12-10-24(11-13-26)15-19(29-31(7)23(4,5)6)18-14-17(16-25)8-9-20(18)30-24/h8-9,14-15H,10-13H2,1-7H3/q+1. The molecule has 0 saturated carbocycles. The molecule has 3 rings (SSSR count). The summed E-state index contributed by atoms with van der Waals surface area (Å²) in [5.74, 6) is 0.859. The van der Waals surface area contributed by atoms with E-state index in [1.54, 1.807) is 4.90 Å². The molecule has 31 heavy (non-hydrogen) atoms. The van der Waals surface area contributed by atoms with Crippen molar-refractivity contribution in [1.82, 2.24) is 4.90 Å². The molecule has 0 radical (unpaired) electrons. The first kappa shape index (κ1) is 23.9. The highest BCUT2D eigenvalue weighted by Gasteiger charge is 2.43. The Bertz CT molecular complexity index is 914. The lowest BCUT2D eigenvalue weighted by molar-refractivity contribution is 0.0207. The van der Waals surface area contributed by atoms with Gasteiger partial charge in [-0.2, -0.15) is 5.26 Å². The van der Waals surface area contributed by atoms with E-state index in [4.69, 9.17) is 8.92 Å². The average molecular weight is 462 g/mol. The Morgan fingerprint density at radius 2 is 1.84 bits per heavy atom. The molecule has 7 heteroatoms. The van der Waals surface area contributed by atoms with Gasteiger partial charge in [0.15, 0.2) is 21.7 Å². The van der Waals surface area contributed by atoms with Crippen LogP contribution >= 0.6 is 11.8 Å². The van der Waals surface area contributed by atoms with Gasteiger partial charge in [-0.3, -0.25) is 4.18 Å². The molecule has 1 atom stereocenters. The number of fused-ring (bicyclic) bond motifs is 1. The van der Waals surface area contributed by atoms with Gasteiger partial charge in [-0.1, -0.05) is 0 Å². The number of nitrogens with zero attached hydrogens (tertiary/aromatic N) is 2. The molecule has 1 aromatic rings. The third kappa shape index (κ3) is 5.72. The van der Waals surface area contributed by atoms with Gasteiger partial charge in [-0.15, -0.1) is 11.8 Å². The molecule has 0 aromatic heterocycles. The maximum atomic E-state index is 12.5. The summed E-state index contributed by atoms with van der Waals surface area (Å²) >= 11 is 1.53. The van der Waals surface area contributed by atoms with Gasteiger partial charge in [0.2, 0.25) is 0 Å². The summed E-state index contributed by atoms with van der Waals surface area (Å²) in [6.07, 6.45) is 5.77. The van der Waals surface area contributed by atoms with Crippen LogP contribution in [0.5, 0.6) is 0 Å². The number of piperidine rings is 1. The largest absolute Gasteiger partial charge is 0.444 e.